The number of hydrogen-bond acceptors (Lipinski definition) is 2. The summed E-state index contributed by atoms with van der Waals surface area (Å²) in [5.41, 5.74) is 0.947. The topological polar surface area (TPSA) is 15.3 Å². The molecular weight excluding hydrogens is 253 g/mol. The molecule has 0 atom stereocenters. The van der Waals surface area contributed by atoms with Crippen LogP contribution in [0.1, 0.15) is 19.4 Å². The minimum absolute atomic E-state index is 0.249. The van der Waals surface area contributed by atoms with Gasteiger partial charge < -0.3 is 10.2 Å². The molecule has 0 radical (unpaired) electrons. The fraction of sp³-hybridized carbons (Fsp3) is 0.571. The van der Waals surface area contributed by atoms with Gasteiger partial charge in [0.15, 0.2) is 0 Å². The van der Waals surface area contributed by atoms with Gasteiger partial charge in [-0.2, -0.15) is 0 Å². The normalized spacial score (nSPS) is 11.4. The molecule has 0 aromatic heterocycles. The summed E-state index contributed by atoms with van der Waals surface area (Å²) in [5.74, 6) is 0.0165. The molecule has 2 nitrogen and oxygen atoms in total. The molecule has 108 valence electrons. The summed E-state index contributed by atoms with van der Waals surface area (Å²) in [4.78, 5) is 1.27. The Hall–Kier alpha value is -1.23. The summed E-state index contributed by atoms with van der Waals surface area (Å²) >= 11 is 0. The second-order valence-electron chi connectivity index (χ2n) is 5.04. The molecule has 0 amide bonds. The smallest absolute Gasteiger partial charge is 0.255 e. The Morgan fingerprint density at radius 3 is 2.53 bits per heavy atom. The Kier molecular flexibility index (Phi) is 6.15. The Labute approximate surface area is 112 Å². The van der Waals surface area contributed by atoms with E-state index in [1.54, 1.807) is 12.1 Å². The number of hydrogen-bond donors (Lipinski definition) is 1. The maximum Gasteiger partial charge on any atom is 0.255 e. The average molecular weight is 274 g/mol. The zero-order valence-corrected chi connectivity index (χ0v) is 11.6. The van der Waals surface area contributed by atoms with Gasteiger partial charge in [0.05, 0.1) is 12.2 Å². The van der Waals surface area contributed by atoms with Crippen LogP contribution in [0.4, 0.5) is 18.9 Å². The third-order valence-corrected chi connectivity index (χ3v) is 2.73. The van der Waals surface area contributed by atoms with E-state index >= 15 is 0 Å². The summed E-state index contributed by atoms with van der Waals surface area (Å²) in [5, 5.41) is 3.20. The van der Waals surface area contributed by atoms with Crippen LogP contribution >= 0.6 is 0 Å². The van der Waals surface area contributed by atoms with Crippen molar-refractivity contribution in [3.8, 4) is 0 Å². The summed E-state index contributed by atoms with van der Waals surface area (Å²) < 4.78 is 38.6. The first-order valence-electron chi connectivity index (χ1n) is 6.39. The molecule has 0 aliphatic carbocycles. The van der Waals surface area contributed by atoms with Crippen molar-refractivity contribution in [2.45, 2.75) is 26.8 Å². The van der Waals surface area contributed by atoms with Crippen molar-refractivity contribution in [1.82, 2.24) is 5.32 Å². The molecule has 1 rings (SSSR count). The molecule has 1 N–H and O–H groups in total. The van der Waals surface area contributed by atoms with E-state index in [1.807, 2.05) is 0 Å². The highest BCUT2D eigenvalue weighted by Crippen LogP contribution is 2.24. The van der Waals surface area contributed by atoms with Gasteiger partial charge in [-0.05, 0) is 24.1 Å². The largest absolute Gasteiger partial charge is 0.366 e. The second kappa shape index (κ2) is 7.38. The number of alkyl halides is 2. The van der Waals surface area contributed by atoms with Crippen LogP contribution in [0, 0.1) is 11.7 Å². The second-order valence-corrected chi connectivity index (χ2v) is 5.04. The highest BCUT2D eigenvalue weighted by atomic mass is 19.3. The fourth-order valence-electron chi connectivity index (χ4n) is 1.92. The van der Waals surface area contributed by atoms with E-state index in [2.05, 4.69) is 19.2 Å². The Morgan fingerprint density at radius 2 is 1.95 bits per heavy atom. The van der Waals surface area contributed by atoms with Crippen molar-refractivity contribution in [3.05, 3.63) is 29.6 Å². The molecule has 1 aromatic rings. The van der Waals surface area contributed by atoms with Crippen LogP contribution in [0.2, 0.25) is 0 Å². The third-order valence-electron chi connectivity index (χ3n) is 2.73. The quantitative estimate of drug-likeness (QED) is 0.821. The first-order chi connectivity index (χ1) is 8.91. The molecule has 0 saturated heterocycles. The Balaban J connectivity index is 2.82. The highest BCUT2D eigenvalue weighted by molar-refractivity contribution is 5.54. The monoisotopic (exact) mass is 274 g/mol. The van der Waals surface area contributed by atoms with Gasteiger partial charge in [0, 0.05) is 13.6 Å². The predicted molar refractivity (Wildman–Crippen MR) is 72.2 cm³/mol. The van der Waals surface area contributed by atoms with E-state index in [0.717, 1.165) is 6.54 Å². The lowest BCUT2D eigenvalue weighted by molar-refractivity contribution is 0.156. The van der Waals surface area contributed by atoms with Crippen LogP contribution in [0.25, 0.3) is 0 Å². The van der Waals surface area contributed by atoms with Crippen LogP contribution < -0.4 is 10.2 Å². The summed E-state index contributed by atoms with van der Waals surface area (Å²) in [6, 6.07) is 4.65. The molecule has 0 saturated carbocycles. The van der Waals surface area contributed by atoms with Gasteiger partial charge >= 0.3 is 0 Å². The van der Waals surface area contributed by atoms with Gasteiger partial charge in [0.1, 0.15) is 5.82 Å². The van der Waals surface area contributed by atoms with E-state index < -0.39 is 18.8 Å². The minimum Gasteiger partial charge on any atom is -0.366 e. The molecule has 1 aromatic carbocycles. The number of benzene rings is 1. The van der Waals surface area contributed by atoms with E-state index in [-0.39, 0.29) is 5.69 Å². The maximum atomic E-state index is 13.8. The van der Waals surface area contributed by atoms with Gasteiger partial charge in [0.2, 0.25) is 0 Å². The molecule has 0 heterocycles. The maximum absolute atomic E-state index is 13.8. The van der Waals surface area contributed by atoms with Crippen molar-refractivity contribution in [2.24, 2.45) is 5.92 Å². The number of halogens is 3. The molecule has 0 spiro atoms. The highest BCUT2D eigenvalue weighted by Gasteiger charge is 2.16. The van der Waals surface area contributed by atoms with Crippen molar-refractivity contribution in [2.75, 3.05) is 25.0 Å². The molecule has 0 unspecified atom stereocenters. The van der Waals surface area contributed by atoms with E-state index in [4.69, 9.17) is 0 Å². The first-order valence-corrected chi connectivity index (χ1v) is 6.39. The minimum atomic E-state index is -2.49. The van der Waals surface area contributed by atoms with Crippen LogP contribution in [-0.4, -0.2) is 26.6 Å². The van der Waals surface area contributed by atoms with Crippen LogP contribution in [-0.2, 0) is 6.54 Å². The van der Waals surface area contributed by atoms with Crippen molar-refractivity contribution >= 4 is 5.69 Å². The first kappa shape index (κ1) is 15.8. The number of nitrogens with zero attached hydrogens (tertiary/aromatic N) is 1. The zero-order chi connectivity index (χ0) is 14.4. The number of nitrogens with one attached hydrogen (secondary N) is 1. The van der Waals surface area contributed by atoms with Gasteiger partial charge in [-0.3, -0.25) is 0 Å². The lowest BCUT2D eigenvalue weighted by Crippen LogP contribution is -2.27. The number of rotatable bonds is 7. The number of para-hydroxylation sites is 1. The van der Waals surface area contributed by atoms with Gasteiger partial charge in [0.25, 0.3) is 6.43 Å². The molecule has 0 aliphatic rings. The van der Waals surface area contributed by atoms with Crippen LogP contribution in [0.15, 0.2) is 18.2 Å². The number of anilines is 1. The Morgan fingerprint density at radius 1 is 1.26 bits per heavy atom. The molecule has 0 fully saturated rings. The molecular formula is C14H21F3N2. The van der Waals surface area contributed by atoms with Gasteiger partial charge in [-0.15, -0.1) is 0 Å². The van der Waals surface area contributed by atoms with Gasteiger partial charge in [-0.25, -0.2) is 13.2 Å². The Bertz CT molecular complexity index is 394. The molecule has 5 heteroatoms. The summed E-state index contributed by atoms with van der Waals surface area (Å²) in [7, 11) is 1.48. The summed E-state index contributed by atoms with van der Waals surface area (Å²) in [6.45, 7) is 4.94. The van der Waals surface area contributed by atoms with E-state index in [1.165, 1.54) is 18.0 Å². The predicted octanol–water partition coefficient (Wildman–Crippen LogP) is 3.27. The molecule has 0 aliphatic heterocycles. The SMILES string of the molecule is CC(C)CNCc1cccc(F)c1N(C)CC(F)F. The van der Waals surface area contributed by atoms with Crippen molar-refractivity contribution in [1.29, 1.82) is 0 Å². The van der Waals surface area contributed by atoms with E-state index in [9.17, 15) is 13.2 Å². The van der Waals surface area contributed by atoms with Crippen molar-refractivity contribution < 1.29 is 13.2 Å². The standard InChI is InChI=1S/C14H21F3N2/c1-10(2)7-18-8-11-5-4-6-12(15)14(11)19(3)9-13(16)17/h4-6,10,13,18H,7-9H2,1-3H3. The third kappa shape index (κ3) is 5.11. The average Bonchev–Trinajstić information content (AvgIpc) is 2.27. The zero-order valence-electron chi connectivity index (χ0n) is 11.6. The fourth-order valence-corrected chi connectivity index (χ4v) is 1.92. The lowest BCUT2D eigenvalue weighted by atomic mass is 10.1. The van der Waals surface area contributed by atoms with Crippen LogP contribution in [0.5, 0.6) is 0 Å². The molecule has 0 bridgehead atoms. The van der Waals surface area contributed by atoms with Gasteiger partial charge in [-0.1, -0.05) is 26.0 Å². The summed E-state index contributed by atoms with van der Waals surface area (Å²) in [6.07, 6.45) is -2.49. The van der Waals surface area contributed by atoms with E-state index in [0.29, 0.717) is 18.0 Å². The van der Waals surface area contributed by atoms with Crippen molar-refractivity contribution in [3.63, 3.8) is 0 Å². The van der Waals surface area contributed by atoms with Crippen LogP contribution in [0.3, 0.4) is 0 Å². The molecule has 19 heavy (non-hydrogen) atoms. The lowest BCUT2D eigenvalue weighted by Gasteiger charge is -2.23.